The summed E-state index contributed by atoms with van der Waals surface area (Å²) in [5.41, 5.74) is 0. The lowest BCUT2D eigenvalue weighted by atomic mass is 9.46. The van der Waals surface area contributed by atoms with Gasteiger partial charge < -0.3 is 0 Å². The first kappa shape index (κ1) is 10.5. The van der Waals surface area contributed by atoms with Crippen LogP contribution in [0.15, 0.2) is 0 Å². The quantitative estimate of drug-likeness (QED) is 0.442. The minimum absolute atomic E-state index is 0.355. The summed E-state index contributed by atoms with van der Waals surface area (Å²) in [6.45, 7) is 0. The molecule has 0 aromatic heterocycles. The predicted molar refractivity (Wildman–Crippen MR) is 47.9 cm³/mol. The summed E-state index contributed by atoms with van der Waals surface area (Å²) >= 11 is 3.93. The van der Waals surface area contributed by atoms with Crippen molar-refractivity contribution >= 4 is 36.2 Å². The van der Waals surface area contributed by atoms with Crippen LogP contribution >= 0.6 is 12.6 Å². The average molecular weight is 152 g/mol. The van der Waals surface area contributed by atoms with E-state index in [1.54, 1.807) is 0 Å². The van der Waals surface area contributed by atoms with Gasteiger partial charge in [0, 0.05) is 6.07 Å². The minimum atomic E-state index is -1.66. The zero-order valence-corrected chi connectivity index (χ0v) is 6.65. The first-order chi connectivity index (χ1) is 4.50. The summed E-state index contributed by atoms with van der Waals surface area (Å²) in [5, 5.41) is -1.39. The molecule has 1 atom stereocenters. The van der Waals surface area contributed by atoms with Gasteiger partial charge >= 0.3 is 0 Å². The third-order valence-electron chi connectivity index (χ3n) is 1.28. The lowest BCUT2D eigenvalue weighted by molar-refractivity contribution is 0.384. The minimum Gasteiger partial charge on any atom is -0.259 e. The number of halogens is 1. The second-order valence-electron chi connectivity index (χ2n) is 2.34. The van der Waals surface area contributed by atoms with Gasteiger partial charge in [-0.05, 0) is 12.2 Å². The highest BCUT2D eigenvalue weighted by molar-refractivity contribution is 7.80. The summed E-state index contributed by atoms with van der Waals surface area (Å²) in [5.74, 6) is 0.642. The maximum atomic E-state index is 12.3. The highest BCUT2D eigenvalue weighted by Gasteiger charge is 2.22. The molecule has 0 spiro atoms. The van der Waals surface area contributed by atoms with Crippen molar-refractivity contribution in [3.8, 4) is 0 Å². The molecule has 0 aliphatic heterocycles. The van der Waals surface area contributed by atoms with Gasteiger partial charge in [0.1, 0.15) is 7.85 Å². The molecule has 0 amide bonds. The Kier molecular flexibility index (Phi) is 4.58. The van der Waals surface area contributed by atoms with Crippen LogP contribution in [0.5, 0.6) is 0 Å². The van der Waals surface area contributed by atoms with E-state index in [0.717, 1.165) is 0 Å². The van der Waals surface area contributed by atoms with E-state index < -0.39 is 11.3 Å². The molecule has 0 saturated heterocycles. The second kappa shape index (κ2) is 4.37. The molecule has 0 fully saturated rings. The van der Waals surface area contributed by atoms with Crippen molar-refractivity contribution < 1.29 is 4.39 Å². The molecule has 0 N–H and O–H groups in total. The third-order valence-corrected chi connectivity index (χ3v) is 1.60. The van der Waals surface area contributed by atoms with E-state index in [-0.39, 0.29) is 0 Å². The maximum Gasteiger partial charge on any atom is 0.115 e. The van der Waals surface area contributed by atoms with Gasteiger partial charge in [-0.15, -0.1) is 0 Å². The summed E-state index contributed by atoms with van der Waals surface area (Å²) in [7, 11) is 15.4. The Morgan fingerprint density at radius 1 is 1.50 bits per heavy atom. The summed E-state index contributed by atoms with van der Waals surface area (Å²) < 4.78 is 12.3. The Balaban J connectivity index is 3.63. The summed E-state index contributed by atoms with van der Waals surface area (Å²) in [4.78, 5) is 0. The van der Waals surface area contributed by atoms with E-state index in [1.807, 2.05) is 0 Å². The van der Waals surface area contributed by atoms with Crippen LogP contribution in [0.3, 0.4) is 0 Å². The SMILES string of the molecule is [B]C(F)C([B])([B])CCCS. The van der Waals surface area contributed by atoms with Crippen molar-refractivity contribution in [3.63, 3.8) is 0 Å². The molecule has 0 aromatic rings. The van der Waals surface area contributed by atoms with Gasteiger partial charge in [-0.1, -0.05) is 11.6 Å². The van der Waals surface area contributed by atoms with Gasteiger partial charge in [0.15, 0.2) is 0 Å². The van der Waals surface area contributed by atoms with E-state index in [0.29, 0.717) is 18.6 Å². The molecule has 0 aliphatic rings. The normalized spacial score (nSPS) is 15.0. The van der Waals surface area contributed by atoms with Crippen LogP contribution in [-0.2, 0) is 0 Å². The van der Waals surface area contributed by atoms with Gasteiger partial charge in [0.05, 0.1) is 15.7 Å². The Labute approximate surface area is 71.0 Å². The van der Waals surface area contributed by atoms with E-state index in [9.17, 15) is 4.39 Å². The number of alkyl halides is 1. The van der Waals surface area contributed by atoms with Crippen LogP contribution in [-0.4, -0.2) is 35.4 Å². The van der Waals surface area contributed by atoms with Gasteiger partial charge in [0.2, 0.25) is 0 Å². The highest BCUT2D eigenvalue weighted by atomic mass is 32.1. The molecule has 0 nitrogen and oxygen atoms in total. The molecule has 0 saturated carbocycles. The number of thiol groups is 1. The topological polar surface area (TPSA) is 0 Å². The smallest absolute Gasteiger partial charge is 0.115 e. The van der Waals surface area contributed by atoms with Crippen LogP contribution in [0.2, 0.25) is 5.21 Å². The lowest BCUT2D eigenvalue weighted by Crippen LogP contribution is -2.26. The standard InChI is InChI=1S/C5H8B3FS/c6-4(9)5(7,8)2-1-3-10/h4,10H,1-3H2. The maximum absolute atomic E-state index is 12.3. The van der Waals surface area contributed by atoms with Gasteiger partial charge in [-0.2, -0.15) is 12.6 Å². The molecular formula is C5H8B3FS. The van der Waals surface area contributed by atoms with E-state index >= 15 is 0 Å². The molecule has 5 heteroatoms. The lowest BCUT2D eigenvalue weighted by Gasteiger charge is -2.27. The fraction of sp³-hybridized carbons (Fsp3) is 1.00. The molecule has 6 radical (unpaired) electrons. The molecule has 1 unspecified atom stereocenters. The first-order valence-electron chi connectivity index (χ1n) is 3.09. The van der Waals surface area contributed by atoms with Crippen LogP contribution in [0.1, 0.15) is 12.8 Å². The molecule has 10 heavy (non-hydrogen) atoms. The first-order valence-corrected chi connectivity index (χ1v) is 3.72. The van der Waals surface area contributed by atoms with Crippen molar-refractivity contribution in [1.82, 2.24) is 0 Å². The highest BCUT2D eigenvalue weighted by Crippen LogP contribution is 2.28. The van der Waals surface area contributed by atoms with E-state index in [4.69, 9.17) is 23.5 Å². The zero-order valence-electron chi connectivity index (χ0n) is 5.76. The Morgan fingerprint density at radius 3 is 2.30 bits per heavy atom. The van der Waals surface area contributed by atoms with E-state index in [1.165, 1.54) is 0 Å². The van der Waals surface area contributed by atoms with Gasteiger partial charge in [-0.25, -0.2) is 0 Å². The van der Waals surface area contributed by atoms with Gasteiger partial charge in [0.25, 0.3) is 0 Å². The summed E-state index contributed by atoms with van der Waals surface area (Å²) in [6.07, 6.45) is -0.630. The van der Waals surface area contributed by atoms with Crippen molar-refractivity contribution in [1.29, 1.82) is 0 Å². The number of hydrogen-bond donors (Lipinski definition) is 1. The molecular weight excluding hydrogens is 144 g/mol. The fourth-order valence-corrected chi connectivity index (χ4v) is 0.681. The molecule has 0 bridgehead atoms. The van der Waals surface area contributed by atoms with Crippen LogP contribution < -0.4 is 0 Å². The molecule has 0 heterocycles. The largest absolute Gasteiger partial charge is 0.259 e. The van der Waals surface area contributed by atoms with Gasteiger partial charge in [-0.3, -0.25) is 4.39 Å². The molecule has 50 valence electrons. The predicted octanol–water partition coefficient (Wildman–Crippen LogP) is 0.614. The molecule has 0 aliphatic carbocycles. The molecule has 0 aromatic carbocycles. The van der Waals surface area contributed by atoms with Crippen LogP contribution in [0.25, 0.3) is 0 Å². The van der Waals surface area contributed by atoms with Crippen molar-refractivity contribution in [2.75, 3.05) is 5.75 Å². The Bertz CT molecular complexity index is 96.9. The van der Waals surface area contributed by atoms with Crippen molar-refractivity contribution in [3.05, 3.63) is 0 Å². The monoisotopic (exact) mass is 152 g/mol. The molecule has 0 rings (SSSR count). The van der Waals surface area contributed by atoms with E-state index in [2.05, 4.69) is 12.6 Å². The van der Waals surface area contributed by atoms with Crippen molar-refractivity contribution in [2.45, 2.75) is 24.1 Å². The fourth-order valence-electron chi connectivity index (χ4n) is 0.523. The zero-order chi connectivity index (χ0) is 8.20. The second-order valence-corrected chi connectivity index (χ2v) is 2.79. The average Bonchev–Trinajstić information content (AvgIpc) is 1.84. The van der Waals surface area contributed by atoms with Crippen molar-refractivity contribution in [2.24, 2.45) is 0 Å². The number of hydrogen-bond acceptors (Lipinski definition) is 1. The third kappa shape index (κ3) is 3.60. The Hall–Kier alpha value is 0.475. The summed E-state index contributed by atoms with van der Waals surface area (Å²) in [6, 6.07) is 0. The Morgan fingerprint density at radius 2 is 2.00 bits per heavy atom. The number of rotatable bonds is 4. The van der Waals surface area contributed by atoms with Crippen LogP contribution in [0, 0.1) is 0 Å². The van der Waals surface area contributed by atoms with Crippen LogP contribution in [0.4, 0.5) is 4.39 Å².